The average Bonchev–Trinajstić information content (AvgIpc) is 2.30. The molecule has 1 aromatic carbocycles. The lowest BCUT2D eigenvalue weighted by Crippen LogP contribution is -2.30. The highest BCUT2D eigenvalue weighted by Gasteiger charge is 2.32. The summed E-state index contributed by atoms with van der Waals surface area (Å²) in [7, 11) is 0. The molecule has 1 heterocycles. The number of nitrogens with zero attached hydrogens (tertiary/aromatic N) is 1. The second-order valence-electron chi connectivity index (χ2n) is 4.31. The van der Waals surface area contributed by atoms with Gasteiger partial charge in [-0.05, 0) is 37.0 Å². The fourth-order valence-corrected chi connectivity index (χ4v) is 2.57. The number of rotatable bonds is 2. The molecule has 16 heavy (non-hydrogen) atoms. The van der Waals surface area contributed by atoms with Gasteiger partial charge in [0.05, 0.1) is 11.5 Å². The molecular formula is C13H14BrNO. The van der Waals surface area contributed by atoms with Crippen molar-refractivity contribution in [3.8, 4) is 6.07 Å². The van der Waals surface area contributed by atoms with Crippen LogP contribution in [0.5, 0.6) is 0 Å². The molecule has 0 amide bonds. The lowest BCUT2D eigenvalue weighted by Gasteiger charge is -2.30. The van der Waals surface area contributed by atoms with Crippen LogP contribution in [-0.2, 0) is 11.2 Å². The highest BCUT2D eigenvalue weighted by molar-refractivity contribution is 9.10. The van der Waals surface area contributed by atoms with Gasteiger partial charge in [-0.3, -0.25) is 0 Å². The van der Waals surface area contributed by atoms with Crippen molar-refractivity contribution < 1.29 is 4.74 Å². The van der Waals surface area contributed by atoms with Crippen LogP contribution >= 0.6 is 15.9 Å². The molecule has 2 rings (SSSR count). The van der Waals surface area contributed by atoms with Crippen molar-refractivity contribution >= 4 is 15.9 Å². The standard InChI is InChI=1S/C13H14BrNO/c14-12-3-1-2-11(8-12)9-13(10-15)4-6-16-7-5-13/h1-3,8H,4-7,9H2. The molecule has 0 radical (unpaired) electrons. The minimum atomic E-state index is -0.223. The van der Waals surface area contributed by atoms with E-state index >= 15 is 0 Å². The molecule has 0 N–H and O–H groups in total. The zero-order valence-electron chi connectivity index (χ0n) is 9.08. The fraction of sp³-hybridized carbons (Fsp3) is 0.462. The first-order valence-corrected chi connectivity index (χ1v) is 6.27. The Kier molecular flexibility index (Phi) is 3.63. The topological polar surface area (TPSA) is 33.0 Å². The van der Waals surface area contributed by atoms with Crippen molar-refractivity contribution in [2.24, 2.45) is 5.41 Å². The van der Waals surface area contributed by atoms with Crippen LogP contribution in [0.2, 0.25) is 0 Å². The van der Waals surface area contributed by atoms with Gasteiger partial charge in [0, 0.05) is 17.7 Å². The van der Waals surface area contributed by atoms with Gasteiger partial charge >= 0.3 is 0 Å². The largest absolute Gasteiger partial charge is 0.381 e. The summed E-state index contributed by atoms with van der Waals surface area (Å²) in [5.41, 5.74) is 0.997. The molecule has 0 bridgehead atoms. The highest BCUT2D eigenvalue weighted by atomic mass is 79.9. The number of halogens is 1. The second-order valence-corrected chi connectivity index (χ2v) is 5.23. The van der Waals surface area contributed by atoms with E-state index in [1.807, 2.05) is 12.1 Å². The van der Waals surface area contributed by atoms with Crippen LogP contribution in [0.4, 0.5) is 0 Å². The van der Waals surface area contributed by atoms with Gasteiger partial charge in [-0.15, -0.1) is 0 Å². The van der Waals surface area contributed by atoms with Crippen molar-refractivity contribution in [2.75, 3.05) is 13.2 Å². The molecule has 3 heteroatoms. The van der Waals surface area contributed by atoms with Gasteiger partial charge in [0.25, 0.3) is 0 Å². The minimum Gasteiger partial charge on any atom is -0.381 e. The Morgan fingerprint density at radius 2 is 2.12 bits per heavy atom. The quantitative estimate of drug-likeness (QED) is 0.832. The van der Waals surface area contributed by atoms with Crippen molar-refractivity contribution in [1.29, 1.82) is 5.26 Å². The molecule has 84 valence electrons. The number of hydrogen-bond donors (Lipinski definition) is 0. The molecule has 0 unspecified atom stereocenters. The Bertz CT molecular complexity index is 405. The van der Waals surface area contributed by atoms with Crippen molar-refractivity contribution in [1.82, 2.24) is 0 Å². The maximum atomic E-state index is 9.35. The molecule has 2 nitrogen and oxygen atoms in total. The Hall–Kier alpha value is -0.850. The third-order valence-electron chi connectivity index (χ3n) is 3.12. The van der Waals surface area contributed by atoms with Gasteiger partial charge in [-0.25, -0.2) is 0 Å². The third kappa shape index (κ3) is 2.63. The monoisotopic (exact) mass is 279 g/mol. The Balaban J connectivity index is 2.15. The van der Waals surface area contributed by atoms with E-state index in [0.717, 1.165) is 23.7 Å². The molecule has 0 aromatic heterocycles. The predicted molar refractivity (Wildman–Crippen MR) is 65.9 cm³/mol. The summed E-state index contributed by atoms with van der Waals surface area (Å²) < 4.78 is 6.40. The van der Waals surface area contributed by atoms with Crippen LogP contribution in [0.25, 0.3) is 0 Å². The SMILES string of the molecule is N#CC1(Cc2cccc(Br)c2)CCOCC1. The smallest absolute Gasteiger partial charge is 0.0695 e. The zero-order valence-corrected chi connectivity index (χ0v) is 10.7. The Morgan fingerprint density at radius 3 is 2.75 bits per heavy atom. The van der Waals surface area contributed by atoms with Gasteiger partial charge in [-0.2, -0.15) is 5.26 Å². The lowest BCUT2D eigenvalue weighted by molar-refractivity contribution is 0.0406. The Morgan fingerprint density at radius 1 is 1.38 bits per heavy atom. The van der Waals surface area contributed by atoms with E-state index in [9.17, 15) is 5.26 Å². The van der Waals surface area contributed by atoms with E-state index in [2.05, 4.69) is 34.1 Å². The molecule has 0 aliphatic carbocycles. The summed E-state index contributed by atoms with van der Waals surface area (Å²) in [6, 6.07) is 10.7. The number of benzene rings is 1. The van der Waals surface area contributed by atoms with Crippen LogP contribution in [0.15, 0.2) is 28.7 Å². The fourth-order valence-electron chi connectivity index (χ4n) is 2.13. The Labute approximate surface area is 104 Å². The van der Waals surface area contributed by atoms with Crippen LogP contribution in [0, 0.1) is 16.7 Å². The average molecular weight is 280 g/mol. The van der Waals surface area contributed by atoms with Gasteiger partial charge in [0.15, 0.2) is 0 Å². The number of hydrogen-bond acceptors (Lipinski definition) is 2. The van der Waals surface area contributed by atoms with E-state index in [1.165, 1.54) is 5.56 Å². The number of nitriles is 1. The maximum absolute atomic E-state index is 9.35. The first kappa shape index (κ1) is 11.6. The van der Waals surface area contributed by atoms with Gasteiger partial charge < -0.3 is 4.74 Å². The minimum absolute atomic E-state index is 0.223. The molecule has 1 aliphatic rings. The third-order valence-corrected chi connectivity index (χ3v) is 3.61. The summed E-state index contributed by atoms with van der Waals surface area (Å²) >= 11 is 3.46. The van der Waals surface area contributed by atoms with Gasteiger partial charge in [-0.1, -0.05) is 28.1 Å². The second kappa shape index (κ2) is 4.99. The van der Waals surface area contributed by atoms with E-state index in [0.29, 0.717) is 13.2 Å². The lowest BCUT2D eigenvalue weighted by atomic mass is 9.77. The molecule has 1 aromatic rings. The first-order chi connectivity index (χ1) is 7.74. The molecule has 1 aliphatic heterocycles. The first-order valence-electron chi connectivity index (χ1n) is 5.48. The molecule has 1 saturated heterocycles. The van der Waals surface area contributed by atoms with Crippen LogP contribution in [0.3, 0.4) is 0 Å². The van der Waals surface area contributed by atoms with Crippen molar-refractivity contribution in [3.05, 3.63) is 34.3 Å². The summed E-state index contributed by atoms with van der Waals surface area (Å²) in [5.74, 6) is 0. The summed E-state index contributed by atoms with van der Waals surface area (Å²) in [5, 5.41) is 9.35. The van der Waals surface area contributed by atoms with E-state index in [4.69, 9.17) is 4.74 Å². The highest BCUT2D eigenvalue weighted by Crippen LogP contribution is 2.34. The summed E-state index contributed by atoms with van der Waals surface area (Å²) in [6.07, 6.45) is 2.51. The van der Waals surface area contributed by atoms with Crippen molar-refractivity contribution in [2.45, 2.75) is 19.3 Å². The molecule has 0 atom stereocenters. The molecule has 1 fully saturated rings. The van der Waals surface area contributed by atoms with E-state index in [-0.39, 0.29) is 5.41 Å². The summed E-state index contributed by atoms with van der Waals surface area (Å²) in [4.78, 5) is 0. The summed E-state index contributed by atoms with van der Waals surface area (Å²) in [6.45, 7) is 1.42. The van der Waals surface area contributed by atoms with Crippen LogP contribution in [-0.4, -0.2) is 13.2 Å². The van der Waals surface area contributed by atoms with Gasteiger partial charge in [0.1, 0.15) is 0 Å². The molecule has 0 saturated carbocycles. The predicted octanol–water partition coefficient (Wildman–Crippen LogP) is 3.31. The van der Waals surface area contributed by atoms with Crippen LogP contribution < -0.4 is 0 Å². The van der Waals surface area contributed by atoms with Crippen molar-refractivity contribution in [3.63, 3.8) is 0 Å². The van der Waals surface area contributed by atoms with E-state index < -0.39 is 0 Å². The molecule has 0 spiro atoms. The number of ether oxygens (including phenoxy) is 1. The maximum Gasteiger partial charge on any atom is 0.0695 e. The molecular weight excluding hydrogens is 266 g/mol. The normalized spacial score (nSPS) is 19.0. The van der Waals surface area contributed by atoms with Gasteiger partial charge in [0.2, 0.25) is 0 Å². The zero-order chi connectivity index (χ0) is 11.4. The van der Waals surface area contributed by atoms with Crippen LogP contribution in [0.1, 0.15) is 18.4 Å². The van der Waals surface area contributed by atoms with E-state index in [1.54, 1.807) is 0 Å².